The van der Waals surface area contributed by atoms with Gasteiger partial charge >= 0.3 is 170 Å². The van der Waals surface area contributed by atoms with Gasteiger partial charge in [0.25, 0.3) is 0 Å². The molecule has 0 amide bonds. The standard InChI is InChI=1S/C22H18ClNO2Se/c1-25-24-21-19-9-5-6-10-20(19)22(26-21,16-11-13-17(23)14-12-16)15-27-18-7-3-2-4-8-18/h2-14H,15H2,1H3/b24-21-. The van der Waals surface area contributed by atoms with Crippen molar-refractivity contribution in [1.82, 2.24) is 0 Å². The van der Waals surface area contributed by atoms with Crippen LogP contribution >= 0.6 is 11.6 Å². The molecule has 1 heterocycles. The van der Waals surface area contributed by atoms with E-state index in [9.17, 15) is 0 Å². The number of benzene rings is 3. The molecule has 0 radical (unpaired) electrons. The molecule has 4 rings (SSSR count). The summed E-state index contributed by atoms with van der Waals surface area (Å²) in [4.78, 5) is 5.04. The molecule has 3 aromatic carbocycles. The molecular formula is C22H18ClNO2Se. The summed E-state index contributed by atoms with van der Waals surface area (Å²) in [5, 5.41) is 5.68. The van der Waals surface area contributed by atoms with Crippen molar-refractivity contribution < 1.29 is 9.57 Å². The van der Waals surface area contributed by atoms with Crippen molar-refractivity contribution >= 4 is 36.9 Å². The van der Waals surface area contributed by atoms with Crippen LogP contribution in [0, 0.1) is 0 Å². The second-order valence-corrected chi connectivity index (χ2v) is 8.80. The number of rotatable bonds is 5. The average Bonchev–Trinajstić information content (AvgIpc) is 3.03. The Balaban J connectivity index is 1.82. The summed E-state index contributed by atoms with van der Waals surface area (Å²) in [5.41, 5.74) is 2.55. The number of hydrogen-bond acceptors (Lipinski definition) is 3. The van der Waals surface area contributed by atoms with E-state index in [-0.39, 0.29) is 15.0 Å². The Morgan fingerprint density at radius 1 is 0.963 bits per heavy atom. The molecule has 1 atom stereocenters. The molecule has 3 nitrogen and oxygen atoms in total. The predicted octanol–water partition coefficient (Wildman–Crippen LogP) is 4.37. The van der Waals surface area contributed by atoms with E-state index in [2.05, 4.69) is 35.5 Å². The zero-order valence-corrected chi connectivity index (χ0v) is 17.2. The normalized spacial score (nSPS) is 19.6. The molecule has 3 aromatic rings. The summed E-state index contributed by atoms with van der Waals surface area (Å²) >= 11 is 6.35. The molecule has 0 spiro atoms. The Hall–Kier alpha value is -2.26. The molecule has 1 aliphatic heterocycles. The van der Waals surface area contributed by atoms with Crippen molar-refractivity contribution in [1.29, 1.82) is 0 Å². The molecule has 0 N–H and O–H groups in total. The van der Waals surface area contributed by atoms with Gasteiger partial charge in [-0.05, 0) is 0 Å². The van der Waals surface area contributed by atoms with Gasteiger partial charge in [0, 0.05) is 0 Å². The maximum absolute atomic E-state index is 6.51. The quantitative estimate of drug-likeness (QED) is 0.434. The number of hydrogen-bond donors (Lipinski definition) is 0. The van der Waals surface area contributed by atoms with E-state index in [0.717, 1.165) is 22.0 Å². The van der Waals surface area contributed by atoms with Crippen LogP contribution in [0.3, 0.4) is 0 Å². The topological polar surface area (TPSA) is 30.8 Å². The van der Waals surface area contributed by atoms with Crippen LogP contribution in [-0.2, 0) is 15.2 Å². The summed E-state index contributed by atoms with van der Waals surface area (Å²) in [7, 11) is 1.54. The first-order valence-corrected chi connectivity index (χ1v) is 11.0. The molecule has 0 bridgehead atoms. The summed E-state index contributed by atoms with van der Waals surface area (Å²) in [6, 6.07) is 26.6. The van der Waals surface area contributed by atoms with Crippen molar-refractivity contribution in [3.63, 3.8) is 0 Å². The first kappa shape index (κ1) is 18.1. The van der Waals surface area contributed by atoms with Crippen molar-refractivity contribution in [3.8, 4) is 0 Å². The molecule has 27 heavy (non-hydrogen) atoms. The number of fused-ring (bicyclic) bond motifs is 1. The molecule has 0 fully saturated rings. The monoisotopic (exact) mass is 443 g/mol. The van der Waals surface area contributed by atoms with Crippen molar-refractivity contribution in [3.05, 3.63) is 101 Å². The van der Waals surface area contributed by atoms with E-state index < -0.39 is 5.60 Å². The fourth-order valence-electron chi connectivity index (χ4n) is 3.27. The first-order valence-electron chi connectivity index (χ1n) is 8.57. The third-order valence-electron chi connectivity index (χ3n) is 4.53. The fourth-order valence-corrected chi connectivity index (χ4v) is 5.71. The Bertz CT molecular complexity index is 960. The summed E-state index contributed by atoms with van der Waals surface area (Å²) in [5.74, 6) is 0.520. The van der Waals surface area contributed by atoms with E-state index in [1.807, 2.05) is 48.5 Å². The Labute approximate surface area is 170 Å². The fraction of sp³-hybridized carbons (Fsp3) is 0.136. The van der Waals surface area contributed by atoms with Crippen molar-refractivity contribution in [2.75, 3.05) is 7.11 Å². The van der Waals surface area contributed by atoms with Crippen LogP contribution < -0.4 is 4.46 Å². The van der Waals surface area contributed by atoms with Crippen LogP contribution in [0.4, 0.5) is 0 Å². The van der Waals surface area contributed by atoms with Gasteiger partial charge < -0.3 is 0 Å². The molecule has 136 valence electrons. The van der Waals surface area contributed by atoms with Gasteiger partial charge in [-0.25, -0.2) is 0 Å². The Morgan fingerprint density at radius 2 is 1.67 bits per heavy atom. The first-order chi connectivity index (χ1) is 13.2. The van der Waals surface area contributed by atoms with E-state index in [1.165, 1.54) is 11.6 Å². The maximum atomic E-state index is 6.51. The molecule has 0 aromatic heterocycles. The number of halogens is 1. The van der Waals surface area contributed by atoms with Crippen LogP contribution in [0.1, 0.15) is 16.7 Å². The van der Waals surface area contributed by atoms with Gasteiger partial charge in [0.15, 0.2) is 0 Å². The minimum absolute atomic E-state index is 0.219. The molecule has 5 heteroatoms. The SMILES string of the molecule is CO/N=C1\OC(C[Se]c2ccccc2)(c2ccc(Cl)cc2)c2ccccc21. The molecule has 1 aliphatic rings. The molecule has 0 saturated heterocycles. The van der Waals surface area contributed by atoms with Gasteiger partial charge in [0.05, 0.1) is 0 Å². The van der Waals surface area contributed by atoms with Gasteiger partial charge in [-0.1, -0.05) is 0 Å². The minimum atomic E-state index is -0.603. The van der Waals surface area contributed by atoms with Crippen LogP contribution in [0.25, 0.3) is 0 Å². The number of nitrogens with zero attached hydrogens (tertiary/aromatic N) is 1. The molecular weight excluding hydrogens is 425 g/mol. The van der Waals surface area contributed by atoms with Crippen LogP contribution in [-0.4, -0.2) is 28.0 Å². The molecule has 0 aliphatic carbocycles. The second kappa shape index (κ2) is 7.77. The average molecular weight is 443 g/mol. The molecule has 1 unspecified atom stereocenters. The van der Waals surface area contributed by atoms with Gasteiger partial charge in [-0.3, -0.25) is 0 Å². The van der Waals surface area contributed by atoms with Gasteiger partial charge in [-0.2, -0.15) is 0 Å². The van der Waals surface area contributed by atoms with E-state index in [4.69, 9.17) is 21.2 Å². The zero-order valence-electron chi connectivity index (χ0n) is 14.8. The summed E-state index contributed by atoms with van der Waals surface area (Å²) < 4.78 is 7.84. The van der Waals surface area contributed by atoms with Gasteiger partial charge in [0.2, 0.25) is 0 Å². The van der Waals surface area contributed by atoms with E-state index in [1.54, 1.807) is 0 Å². The number of oxime groups is 1. The van der Waals surface area contributed by atoms with Crippen LogP contribution in [0.5, 0.6) is 0 Å². The summed E-state index contributed by atoms with van der Waals surface area (Å²) in [6.45, 7) is 0. The predicted molar refractivity (Wildman–Crippen MR) is 110 cm³/mol. The van der Waals surface area contributed by atoms with Gasteiger partial charge in [-0.15, -0.1) is 0 Å². The Kier molecular flexibility index (Phi) is 5.22. The molecule has 0 saturated carbocycles. The number of ether oxygens (including phenoxy) is 1. The van der Waals surface area contributed by atoms with E-state index >= 15 is 0 Å². The van der Waals surface area contributed by atoms with E-state index in [0.29, 0.717) is 10.9 Å². The summed E-state index contributed by atoms with van der Waals surface area (Å²) in [6.07, 6.45) is 0. The van der Waals surface area contributed by atoms with Crippen molar-refractivity contribution in [2.45, 2.75) is 10.9 Å². The third-order valence-corrected chi connectivity index (χ3v) is 7.21. The van der Waals surface area contributed by atoms with Crippen LogP contribution in [0.15, 0.2) is 84.0 Å². The Morgan fingerprint density at radius 3 is 2.41 bits per heavy atom. The third kappa shape index (κ3) is 3.48. The zero-order chi connectivity index (χ0) is 18.7. The van der Waals surface area contributed by atoms with Crippen LogP contribution in [0.2, 0.25) is 10.3 Å². The second-order valence-electron chi connectivity index (χ2n) is 6.16. The van der Waals surface area contributed by atoms with Crippen molar-refractivity contribution in [2.24, 2.45) is 5.16 Å². The van der Waals surface area contributed by atoms with Gasteiger partial charge in [0.1, 0.15) is 0 Å².